The van der Waals surface area contributed by atoms with Crippen molar-refractivity contribution in [2.75, 3.05) is 6.54 Å². The smallest absolute Gasteiger partial charge is 0.0646 e. The fourth-order valence-corrected chi connectivity index (χ4v) is 3.71. The van der Waals surface area contributed by atoms with E-state index in [9.17, 15) is 0 Å². The monoisotopic (exact) mass is 291 g/mol. The summed E-state index contributed by atoms with van der Waals surface area (Å²) < 4.78 is 1.35. The Morgan fingerprint density at radius 2 is 2.11 bits per heavy atom. The number of thiophene rings is 1. The molecule has 2 aromatic rings. The molecular weight excluding hydrogens is 270 g/mol. The van der Waals surface area contributed by atoms with Gasteiger partial charge in [0.05, 0.1) is 4.21 Å². The van der Waals surface area contributed by atoms with E-state index >= 15 is 0 Å². The van der Waals surface area contributed by atoms with Crippen molar-refractivity contribution in [2.24, 2.45) is 5.92 Å². The maximum absolute atomic E-state index is 3.50. The van der Waals surface area contributed by atoms with Gasteiger partial charge in [-0.05, 0) is 54.1 Å². The van der Waals surface area contributed by atoms with Crippen LogP contribution in [0.5, 0.6) is 0 Å². The molecule has 1 nitrogen and oxygen atoms in total. The van der Waals surface area contributed by atoms with Crippen molar-refractivity contribution in [2.45, 2.75) is 36.4 Å². The van der Waals surface area contributed by atoms with Gasteiger partial charge in [-0.25, -0.2) is 0 Å². The first kappa shape index (κ1) is 14.6. The summed E-state index contributed by atoms with van der Waals surface area (Å²) in [6.45, 7) is 8.71. The third kappa shape index (κ3) is 4.68. The summed E-state index contributed by atoms with van der Waals surface area (Å²) in [4.78, 5) is 1.33. The van der Waals surface area contributed by atoms with Crippen LogP contribution in [-0.2, 0) is 6.54 Å². The zero-order valence-electron chi connectivity index (χ0n) is 11.8. The first-order valence-electron chi connectivity index (χ1n) is 6.67. The molecule has 102 valence electrons. The van der Waals surface area contributed by atoms with Crippen LogP contribution in [0, 0.1) is 12.8 Å². The van der Waals surface area contributed by atoms with Crippen molar-refractivity contribution in [1.82, 2.24) is 5.32 Å². The molecule has 0 fully saturated rings. The third-order valence-corrected chi connectivity index (χ3v) is 4.92. The largest absolute Gasteiger partial charge is 0.312 e. The predicted molar refractivity (Wildman–Crippen MR) is 86.2 cm³/mol. The maximum Gasteiger partial charge on any atom is 0.0646 e. The summed E-state index contributed by atoms with van der Waals surface area (Å²) in [6, 6.07) is 11.0. The van der Waals surface area contributed by atoms with E-state index in [1.807, 2.05) is 11.8 Å². The van der Waals surface area contributed by atoms with E-state index in [4.69, 9.17) is 0 Å². The Morgan fingerprint density at radius 1 is 1.26 bits per heavy atom. The minimum Gasteiger partial charge on any atom is -0.312 e. The third-order valence-electron chi connectivity index (χ3n) is 2.90. The fourth-order valence-electron chi connectivity index (χ4n) is 1.86. The minimum absolute atomic E-state index is 0.703. The molecule has 0 spiro atoms. The molecule has 3 heteroatoms. The van der Waals surface area contributed by atoms with Gasteiger partial charge >= 0.3 is 0 Å². The highest BCUT2D eigenvalue weighted by molar-refractivity contribution is 8.01. The van der Waals surface area contributed by atoms with Crippen molar-refractivity contribution >= 4 is 23.1 Å². The highest BCUT2D eigenvalue weighted by Gasteiger charge is 2.03. The molecule has 1 N–H and O–H groups in total. The molecule has 0 unspecified atom stereocenters. The van der Waals surface area contributed by atoms with Gasteiger partial charge in [-0.15, -0.1) is 11.3 Å². The molecule has 1 aromatic carbocycles. The van der Waals surface area contributed by atoms with Gasteiger partial charge in [-0.2, -0.15) is 0 Å². The lowest BCUT2D eigenvalue weighted by Crippen LogP contribution is -2.19. The standard InChI is InChI=1S/C16H21NS2/c1-12(2)10-17-11-14-6-7-15(9-13(14)3)19-16-5-4-8-18-16/h4-9,12,17H,10-11H2,1-3H3. The Labute approximate surface area is 124 Å². The number of hydrogen-bond donors (Lipinski definition) is 1. The van der Waals surface area contributed by atoms with Crippen LogP contribution in [0.4, 0.5) is 0 Å². The van der Waals surface area contributed by atoms with Crippen LogP contribution in [0.25, 0.3) is 0 Å². The molecule has 1 aromatic heterocycles. The fraction of sp³-hybridized carbons (Fsp3) is 0.375. The first-order valence-corrected chi connectivity index (χ1v) is 8.36. The SMILES string of the molecule is Cc1cc(Sc2cccs2)ccc1CNCC(C)C. The molecular formula is C16H21NS2. The number of hydrogen-bond acceptors (Lipinski definition) is 3. The topological polar surface area (TPSA) is 12.0 Å². The molecule has 0 saturated heterocycles. The highest BCUT2D eigenvalue weighted by atomic mass is 32.2. The zero-order valence-corrected chi connectivity index (χ0v) is 13.4. The van der Waals surface area contributed by atoms with E-state index in [2.05, 4.69) is 61.8 Å². The van der Waals surface area contributed by atoms with E-state index in [1.54, 1.807) is 11.3 Å². The molecule has 0 amide bonds. The number of aryl methyl sites for hydroxylation is 1. The Balaban J connectivity index is 1.96. The van der Waals surface area contributed by atoms with E-state index in [0.717, 1.165) is 13.1 Å². The van der Waals surface area contributed by atoms with Crippen molar-refractivity contribution in [3.8, 4) is 0 Å². The average molecular weight is 291 g/mol. The first-order chi connectivity index (χ1) is 9.15. The van der Waals surface area contributed by atoms with Crippen molar-refractivity contribution in [1.29, 1.82) is 0 Å². The van der Waals surface area contributed by atoms with E-state index in [-0.39, 0.29) is 0 Å². The van der Waals surface area contributed by atoms with E-state index in [1.165, 1.54) is 20.2 Å². The molecule has 0 aliphatic carbocycles. The molecule has 0 aliphatic heterocycles. The Bertz CT molecular complexity index is 503. The normalized spacial score (nSPS) is 11.2. The van der Waals surface area contributed by atoms with Gasteiger partial charge in [0.25, 0.3) is 0 Å². The lowest BCUT2D eigenvalue weighted by Gasteiger charge is -2.11. The molecule has 1 heterocycles. The number of rotatable bonds is 6. The average Bonchev–Trinajstić information content (AvgIpc) is 2.84. The summed E-state index contributed by atoms with van der Waals surface area (Å²) in [5, 5.41) is 5.63. The summed E-state index contributed by atoms with van der Waals surface area (Å²) in [5.41, 5.74) is 2.77. The van der Waals surface area contributed by atoms with Crippen LogP contribution in [0.1, 0.15) is 25.0 Å². The second kappa shape index (κ2) is 7.13. The van der Waals surface area contributed by atoms with Gasteiger partial charge in [0, 0.05) is 11.4 Å². The van der Waals surface area contributed by atoms with Crippen LogP contribution in [0.3, 0.4) is 0 Å². The maximum atomic E-state index is 3.50. The number of nitrogens with one attached hydrogen (secondary N) is 1. The second-order valence-electron chi connectivity index (χ2n) is 5.15. The molecule has 0 aliphatic rings. The predicted octanol–water partition coefficient (Wildman–Crippen LogP) is 4.95. The van der Waals surface area contributed by atoms with Crippen LogP contribution in [0.15, 0.2) is 44.8 Å². The highest BCUT2D eigenvalue weighted by Crippen LogP contribution is 2.32. The van der Waals surface area contributed by atoms with E-state index < -0.39 is 0 Å². The molecule has 2 rings (SSSR count). The second-order valence-corrected chi connectivity index (χ2v) is 7.47. The quantitative estimate of drug-likeness (QED) is 0.808. The Kier molecular flexibility index (Phi) is 5.49. The van der Waals surface area contributed by atoms with E-state index in [0.29, 0.717) is 5.92 Å². The Morgan fingerprint density at radius 3 is 2.74 bits per heavy atom. The molecule has 19 heavy (non-hydrogen) atoms. The van der Waals surface area contributed by atoms with Gasteiger partial charge in [-0.3, -0.25) is 0 Å². The summed E-state index contributed by atoms with van der Waals surface area (Å²) in [7, 11) is 0. The van der Waals surface area contributed by atoms with Crippen LogP contribution in [-0.4, -0.2) is 6.54 Å². The molecule has 0 saturated carbocycles. The zero-order chi connectivity index (χ0) is 13.7. The lowest BCUT2D eigenvalue weighted by atomic mass is 10.1. The van der Waals surface area contributed by atoms with Gasteiger partial charge in [0.15, 0.2) is 0 Å². The summed E-state index contributed by atoms with van der Waals surface area (Å²) >= 11 is 3.64. The molecule has 0 atom stereocenters. The minimum atomic E-state index is 0.703. The lowest BCUT2D eigenvalue weighted by molar-refractivity contribution is 0.551. The van der Waals surface area contributed by atoms with Gasteiger partial charge in [0.2, 0.25) is 0 Å². The van der Waals surface area contributed by atoms with Gasteiger partial charge in [-0.1, -0.05) is 37.7 Å². The van der Waals surface area contributed by atoms with Crippen molar-refractivity contribution in [3.63, 3.8) is 0 Å². The van der Waals surface area contributed by atoms with Gasteiger partial charge < -0.3 is 5.32 Å². The summed E-state index contributed by atoms with van der Waals surface area (Å²) in [5.74, 6) is 0.703. The van der Waals surface area contributed by atoms with Crippen LogP contribution >= 0.6 is 23.1 Å². The Hall–Kier alpha value is -0.770. The van der Waals surface area contributed by atoms with Gasteiger partial charge in [0.1, 0.15) is 0 Å². The molecule has 0 radical (unpaired) electrons. The van der Waals surface area contributed by atoms with Crippen molar-refractivity contribution < 1.29 is 0 Å². The van der Waals surface area contributed by atoms with Crippen LogP contribution < -0.4 is 5.32 Å². The van der Waals surface area contributed by atoms with Crippen molar-refractivity contribution in [3.05, 3.63) is 46.8 Å². The molecule has 0 bridgehead atoms. The number of benzene rings is 1. The summed E-state index contributed by atoms with van der Waals surface area (Å²) in [6.07, 6.45) is 0. The van der Waals surface area contributed by atoms with Crippen LogP contribution in [0.2, 0.25) is 0 Å².